The molecule has 1 saturated heterocycles. The van der Waals surface area contributed by atoms with Gasteiger partial charge < -0.3 is 10.1 Å². The molecule has 244 valence electrons. The van der Waals surface area contributed by atoms with Gasteiger partial charge in [-0.1, -0.05) is 58.1 Å². The highest BCUT2D eigenvalue weighted by atomic mass is 35.5. The standard InChI is InChI=1S/C40H50ClN3O2/c1-39(2)36(40(3,4)38(39)46-32-16-12-30(25-42)34(41)24-32)18-13-29-23-35-33(37(29)45)17-15-31(44-35)14-11-27-7-5-26(6-8-27)9-10-28-19-21-43-22-20-28/h12,15-17,24,26-29,36,38,43H,5-10,13,18-23H2,1-4H3. The van der Waals surface area contributed by atoms with Gasteiger partial charge in [-0.05, 0) is 112 Å². The third kappa shape index (κ3) is 6.88. The summed E-state index contributed by atoms with van der Waals surface area (Å²) >= 11 is 6.27. The Labute approximate surface area is 281 Å². The third-order valence-electron chi connectivity index (χ3n) is 12.0. The number of nitrogens with one attached hydrogen (secondary N) is 1. The van der Waals surface area contributed by atoms with Crippen LogP contribution in [0.3, 0.4) is 0 Å². The summed E-state index contributed by atoms with van der Waals surface area (Å²) in [5, 5.41) is 13.1. The molecular weight excluding hydrogens is 590 g/mol. The number of ketones is 1. The minimum absolute atomic E-state index is 0.00245. The molecule has 2 saturated carbocycles. The monoisotopic (exact) mass is 639 g/mol. The van der Waals surface area contributed by atoms with E-state index >= 15 is 0 Å². The highest BCUT2D eigenvalue weighted by Crippen LogP contribution is 2.62. The molecule has 46 heavy (non-hydrogen) atoms. The van der Waals surface area contributed by atoms with Gasteiger partial charge in [0, 0.05) is 40.7 Å². The Balaban J connectivity index is 0.994. The molecule has 0 spiro atoms. The molecule has 0 amide bonds. The Morgan fingerprint density at radius 1 is 0.935 bits per heavy atom. The minimum atomic E-state index is -0.0639. The number of aromatic nitrogens is 1. The zero-order valence-electron chi connectivity index (χ0n) is 28.1. The van der Waals surface area contributed by atoms with E-state index in [1.54, 1.807) is 12.1 Å². The second-order valence-corrected chi connectivity index (χ2v) is 16.1. The lowest BCUT2D eigenvalue weighted by atomic mass is 9.44. The second-order valence-electron chi connectivity index (χ2n) is 15.7. The molecule has 3 aliphatic carbocycles. The van der Waals surface area contributed by atoms with Gasteiger partial charge in [-0.15, -0.1) is 0 Å². The number of nitrogens with zero attached hydrogens (tertiary/aromatic N) is 2. The molecular formula is C40H50ClN3O2. The maximum absolute atomic E-state index is 13.4. The summed E-state index contributed by atoms with van der Waals surface area (Å²) in [7, 11) is 0. The molecule has 5 nitrogen and oxygen atoms in total. The van der Waals surface area contributed by atoms with E-state index in [0.717, 1.165) is 41.6 Å². The SMILES string of the molecule is CC1(C)C(CCC2Cc3nc(C#CC4CCC(CCC5CCNCC5)CC4)ccc3C2=O)C(C)(C)C1Oc1ccc(C#N)c(Cl)c1. The van der Waals surface area contributed by atoms with Crippen LogP contribution in [0, 0.1) is 63.6 Å². The number of pyridine rings is 1. The summed E-state index contributed by atoms with van der Waals surface area (Å²) in [4.78, 5) is 18.3. The summed E-state index contributed by atoms with van der Waals surface area (Å²) < 4.78 is 6.47. The van der Waals surface area contributed by atoms with Crippen LogP contribution < -0.4 is 10.1 Å². The van der Waals surface area contributed by atoms with Crippen LogP contribution in [-0.2, 0) is 6.42 Å². The first kappa shape index (κ1) is 33.1. The predicted molar refractivity (Wildman–Crippen MR) is 184 cm³/mol. The van der Waals surface area contributed by atoms with Crippen molar-refractivity contribution in [1.29, 1.82) is 5.26 Å². The van der Waals surface area contributed by atoms with Crippen molar-refractivity contribution in [2.45, 2.75) is 104 Å². The maximum atomic E-state index is 13.4. The van der Waals surface area contributed by atoms with E-state index in [2.05, 4.69) is 50.9 Å². The van der Waals surface area contributed by atoms with Gasteiger partial charge in [0.05, 0.1) is 16.3 Å². The minimum Gasteiger partial charge on any atom is -0.489 e. The summed E-state index contributed by atoms with van der Waals surface area (Å²) in [6, 6.07) is 11.3. The molecule has 1 aromatic carbocycles. The van der Waals surface area contributed by atoms with E-state index in [9.17, 15) is 10.1 Å². The third-order valence-corrected chi connectivity index (χ3v) is 12.3. The summed E-state index contributed by atoms with van der Waals surface area (Å²) in [5.41, 5.74) is 2.84. The molecule has 1 aromatic heterocycles. The number of carbonyl (C=O) groups is 1. The van der Waals surface area contributed by atoms with Crippen LogP contribution in [0.15, 0.2) is 30.3 Å². The Bertz CT molecular complexity index is 1520. The number of hydrogen-bond acceptors (Lipinski definition) is 5. The second kappa shape index (κ2) is 13.7. The molecule has 6 rings (SSSR count). The van der Waals surface area contributed by atoms with E-state index in [-0.39, 0.29) is 28.6 Å². The van der Waals surface area contributed by atoms with Crippen LogP contribution in [0.4, 0.5) is 0 Å². The molecule has 4 aliphatic rings. The number of nitriles is 1. The van der Waals surface area contributed by atoms with Crippen molar-refractivity contribution in [2.75, 3.05) is 13.1 Å². The number of piperidine rings is 1. The highest BCUT2D eigenvalue weighted by molar-refractivity contribution is 6.31. The fourth-order valence-electron chi connectivity index (χ4n) is 9.54. The number of halogens is 1. The Hall–Kier alpha value is -2.86. The molecule has 2 aromatic rings. The van der Waals surface area contributed by atoms with E-state index < -0.39 is 0 Å². The van der Waals surface area contributed by atoms with Crippen LogP contribution in [0.2, 0.25) is 5.02 Å². The molecule has 2 heterocycles. The summed E-state index contributed by atoms with van der Waals surface area (Å²) in [6.45, 7) is 11.4. The van der Waals surface area contributed by atoms with Gasteiger partial charge in [-0.3, -0.25) is 4.79 Å². The summed E-state index contributed by atoms with van der Waals surface area (Å²) in [6.07, 6.45) is 13.1. The van der Waals surface area contributed by atoms with Crippen molar-refractivity contribution < 1.29 is 9.53 Å². The molecule has 1 unspecified atom stereocenters. The fraction of sp³-hybridized carbons (Fsp3) is 0.625. The van der Waals surface area contributed by atoms with Crippen molar-refractivity contribution in [3.05, 3.63) is 57.9 Å². The Morgan fingerprint density at radius 3 is 2.30 bits per heavy atom. The lowest BCUT2D eigenvalue weighted by molar-refractivity contribution is -0.201. The van der Waals surface area contributed by atoms with Crippen LogP contribution in [0.1, 0.15) is 119 Å². The van der Waals surface area contributed by atoms with Gasteiger partial charge in [0.15, 0.2) is 5.78 Å². The van der Waals surface area contributed by atoms with Crippen LogP contribution in [0.5, 0.6) is 5.75 Å². The van der Waals surface area contributed by atoms with Gasteiger partial charge in [-0.2, -0.15) is 5.26 Å². The topological polar surface area (TPSA) is 75.0 Å². The van der Waals surface area contributed by atoms with E-state index in [1.807, 2.05) is 18.2 Å². The molecule has 0 bridgehead atoms. The zero-order chi connectivity index (χ0) is 32.5. The largest absolute Gasteiger partial charge is 0.489 e. The Kier molecular flexibility index (Phi) is 9.85. The molecule has 0 radical (unpaired) electrons. The number of fused-ring (bicyclic) bond motifs is 1. The number of ether oxygens (including phenoxy) is 1. The van der Waals surface area contributed by atoms with Crippen molar-refractivity contribution in [2.24, 2.45) is 40.4 Å². The molecule has 1 aliphatic heterocycles. The van der Waals surface area contributed by atoms with Crippen LogP contribution in [0.25, 0.3) is 0 Å². The smallest absolute Gasteiger partial charge is 0.168 e. The number of benzene rings is 1. The number of Topliss-reactive ketones (excluding diaryl/α,β-unsaturated/α-hetero) is 1. The van der Waals surface area contributed by atoms with Gasteiger partial charge in [0.2, 0.25) is 0 Å². The molecule has 1 atom stereocenters. The quantitative estimate of drug-likeness (QED) is 0.292. The van der Waals surface area contributed by atoms with Crippen molar-refractivity contribution in [3.8, 4) is 23.7 Å². The summed E-state index contributed by atoms with van der Waals surface area (Å²) in [5.74, 6) is 10.5. The number of rotatable bonds is 8. The van der Waals surface area contributed by atoms with Crippen molar-refractivity contribution >= 4 is 17.4 Å². The van der Waals surface area contributed by atoms with Crippen LogP contribution in [-0.4, -0.2) is 30.0 Å². The molecule has 6 heteroatoms. The van der Waals surface area contributed by atoms with E-state index in [1.165, 1.54) is 64.5 Å². The maximum Gasteiger partial charge on any atom is 0.168 e. The lowest BCUT2D eigenvalue weighted by Gasteiger charge is -2.63. The molecule has 1 N–H and O–H groups in total. The van der Waals surface area contributed by atoms with Gasteiger partial charge in [-0.25, -0.2) is 4.98 Å². The average Bonchev–Trinajstić information content (AvgIpc) is 3.36. The average molecular weight is 640 g/mol. The molecule has 3 fully saturated rings. The fourth-order valence-corrected chi connectivity index (χ4v) is 9.75. The first-order valence-electron chi connectivity index (χ1n) is 17.7. The zero-order valence-corrected chi connectivity index (χ0v) is 28.9. The highest BCUT2D eigenvalue weighted by Gasteiger charge is 2.63. The number of carbonyl (C=O) groups excluding carboxylic acids is 1. The van der Waals surface area contributed by atoms with Gasteiger partial charge in [0.25, 0.3) is 0 Å². The number of hydrogen-bond donors (Lipinski definition) is 1. The van der Waals surface area contributed by atoms with Crippen molar-refractivity contribution in [1.82, 2.24) is 10.3 Å². The van der Waals surface area contributed by atoms with E-state index in [0.29, 0.717) is 34.6 Å². The lowest BCUT2D eigenvalue weighted by Crippen LogP contribution is -2.65. The van der Waals surface area contributed by atoms with Gasteiger partial charge in [0.1, 0.15) is 23.6 Å². The van der Waals surface area contributed by atoms with Gasteiger partial charge >= 0.3 is 0 Å². The predicted octanol–water partition coefficient (Wildman–Crippen LogP) is 8.81. The first-order valence-corrected chi connectivity index (χ1v) is 18.1. The normalized spacial score (nSPS) is 28.3. The first-order chi connectivity index (χ1) is 22.1. The van der Waals surface area contributed by atoms with Crippen LogP contribution >= 0.6 is 11.6 Å². The Morgan fingerprint density at radius 2 is 1.63 bits per heavy atom. The van der Waals surface area contributed by atoms with Crippen molar-refractivity contribution in [3.63, 3.8) is 0 Å². The van der Waals surface area contributed by atoms with E-state index in [4.69, 9.17) is 21.3 Å².